The molecule has 7 heteroatoms. The minimum Gasteiger partial charge on any atom is -0.462 e. The number of ether oxygens (including phenoxy) is 1. The number of ketones is 2. The molecule has 2 aliphatic rings. The molecule has 2 aliphatic carbocycles. The zero-order valence-corrected chi connectivity index (χ0v) is 31.9. The Morgan fingerprint density at radius 3 is 1.60 bits per heavy atom. The maximum atomic E-state index is 12.7. The lowest BCUT2D eigenvalue weighted by atomic mass is 9.62. The van der Waals surface area contributed by atoms with Gasteiger partial charge < -0.3 is 4.74 Å². The monoisotopic (exact) mass is 762 g/mol. The summed E-state index contributed by atoms with van der Waals surface area (Å²) in [5, 5.41) is 0. The van der Waals surface area contributed by atoms with Crippen LogP contribution in [0.5, 0.6) is 0 Å². The van der Waals surface area contributed by atoms with Crippen LogP contribution in [0.1, 0.15) is 129 Å². The van der Waals surface area contributed by atoms with Crippen molar-refractivity contribution in [2.45, 2.75) is 96.8 Å². The van der Waals surface area contributed by atoms with E-state index in [0.29, 0.717) is 30.6 Å². The second-order valence-corrected chi connectivity index (χ2v) is 16.6. The Bertz CT molecular complexity index is 1770. The lowest BCUT2D eigenvalue weighted by molar-refractivity contribution is -0.126. The van der Waals surface area contributed by atoms with E-state index in [1.54, 1.807) is 19.1 Å². The summed E-state index contributed by atoms with van der Waals surface area (Å²) in [6, 6.07) is 15.5. The summed E-state index contributed by atoms with van der Waals surface area (Å²) in [5.41, 5.74) is 6.27. The number of Topliss-reactive ketones (excluding diaryl/α,β-unsaturated/α-hetero) is 2. The Balaban J connectivity index is 0.000000238. The number of aldehydes is 1. The van der Waals surface area contributed by atoms with Crippen molar-refractivity contribution in [3.8, 4) is 0 Å². The first kappa shape index (κ1) is 36.7. The molecule has 5 rings (SSSR count). The molecular weight excluding hydrogens is 720 g/mol. The zero-order chi connectivity index (χ0) is 35.1. The second-order valence-electron chi connectivity index (χ2n) is 14.8. The van der Waals surface area contributed by atoms with Gasteiger partial charge in [0, 0.05) is 38.2 Å². The Morgan fingerprint density at radius 1 is 0.702 bits per heavy atom. The van der Waals surface area contributed by atoms with Crippen LogP contribution in [0.25, 0.3) is 12.2 Å². The second kappa shape index (κ2) is 13.4. The molecule has 3 aromatic rings. The van der Waals surface area contributed by atoms with Crippen molar-refractivity contribution in [1.29, 1.82) is 0 Å². The molecule has 47 heavy (non-hydrogen) atoms. The maximum Gasteiger partial charge on any atom is 0.338 e. The van der Waals surface area contributed by atoms with Gasteiger partial charge in [0.2, 0.25) is 0 Å². The molecule has 0 spiro atoms. The third kappa shape index (κ3) is 7.31. The molecule has 0 unspecified atom stereocenters. The van der Waals surface area contributed by atoms with Crippen molar-refractivity contribution in [3.63, 3.8) is 0 Å². The molecule has 0 amide bonds. The molecule has 248 valence electrons. The van der Waals surface area contributed by atoms with Gasteiger partial charge in [-0.25, -0.2) is 4.79 Å². The Hall–Kier alpha value is -3.16. The first-order valence-electron chi connectivity index (χ1n) is 15.9. The van der Waals surface area contributed by atoms with Crippen LogP contribution in [0.15, 0.2) is 57.5 Å². The number of esters is 1. The number of hydrogen-bond acceptors (Lipinski definition) is 5. The number of carbonyl (C=O) groups excluding carboxylic acids is 4. The Morgan fingerprint density at radius 2 is 1.15 bits per heavy atom. The van der Waals surface area contributed by atoms with Crippen molar-refractivity contribution >= 4 is 67.8 Å². The fourth-order valence-corrected chi connectivity index (χ4v) is 7.33. The molecule has 0 fully saturated rings. The standard InChI is InChI=1S/C25H27BrO3.C15H17BrO2/c1-6-29-23(28)17-10-7-16(8-11-17)9-12-18-13-20-19(14-21(18)26)24(2,3)15-22(27)25(20,4)5;1-14(2)7-13(18)15(3,4)11-5-9(8-17)12(16)6-10(11)14/h7-14H,6,15H2,1-5H3;5-6,8H,7H2,1-4H3/b12-9+;. The van der Waals surface area contributed by atoms with E-state index in [1.165, 1.54) is 5.56 Å². The average Bonchev–Trinajstić information content (AvgIpc) is 2.99. The number of rotatable bonds is 5. The minimum absolute atomic E-state index is 0.171. The van der Waals surface area contributed by atoms with Gasteiger partial charge in [-0.2, -0.15) is 0 Å². The van der Waals surface area contributed by atoms with Gasteiger partial charge in [0.25, 0.3) is 0 Å². The van der Waals surface area contributed by atoms with E-state index in [1.807, 2.05) is 64.1 Å². The molecule has 0 saturated carbocycles. The van der Waals surface area contributed by atoms with Gasteiger partial charge in [0.15, 0.2) is 6.29 Å². The molecule has 0 bridgehead atoms. The summed E-state index contributed by atoms with van der Waals surface area (Å²) in [6.45, 7) is 18.5. The maximum absolute atomic E-state index is 12.7. The van der Waals surface area contributed by atoms with Crippen molar-refractivity contribution in [2.75, 3.05) is 6.61 Å². The molecule has 0 aliphatic heterocycles. The highest BCUT2D eigenvalue weighted by molar-refractivity contribution is 9.10. The molecule has 0 radical (unpaired) electrons. The van der Waals surface area contributed by atoms with Gasteiger partial charge in [-0.05, 0) is 115 Å². The third-order valence-electron chi connectivity index (χ3n) is 9.68. The highest BCUT2D eigenvalue weighted by Crippen LogP contribution is 2.46. The fraction of sp³-hybridized carbons (Fsp3) is 0.400. The van der Waals surface area contributed by atoms with Crippen LogP contribution >= 0.6 is 31.9 Å². The van der Waals surface area contributed by atoms with Crippen LogP contribution in [-0.2, 0) is 36.0 Å². The molecular formula is C40H44Br2O5. The van der Waals surface area contributed by atoms with Crippen LogP contribution in [-0.4, -0.2) is 30.4 Å². The van der Waals surface area contributed by atoms with E-state index in [0.717, 1.165) is 43.0 Å². The summed E-state index contributed by atoms with van der Waals surface area (Å²) < 4.78 is 6.83. The van der Waals surface area contributed by atoms with Crippen molar-refractivity contribution in [3.05, 3.63) is 102 Å². The van der Waals surface area contributed by atoms with Crippen LogP contribution in [0.4, 0.5) is 0 Å². The third-order valence-corrected chi connectivity index (χ3v) is 11.1. The largest absolute Gasteiger partial charge is 0.462 e. The minimum atomic E-state index is -0.511. The van der Waals surface area contributed by atoms with Crippen molar-refractivity contribution in [2.24, 2.45) is 0 Å². The van der Waals surface area contributed by atoms with Crippen LogP contribution in [0.2, 0.25) is 0 Å². The van der Waals surface area contributed by atoms with Crippen LogP contribution in [0.3, 0.4) is 0 Å². The normalized spacial score (nSPS) is 18.4. The van der Waals surface area contributed by atoms with Crippen LogP contribution < -0.4 is 0 Å². The highest BCUT2D eigenvalue weighted by Gasteiger charge is 2.44. The smallest absolute Gasteiger partial charge is 0.338 e. The van der Waals surface area contributed by atoms with E-state index in [2.05, 4.69) is 71.7 Å². The summed E-state index contributed by atoms with van der Waals surface area (Å²) in [5.74, 6) is 0.205. The SMILES string of the molecule is CC1(C)CC(=O)C(C)(C)c2cc(C=O)c(Br)cc21.CCOC(=O)c1ccc(/C=C/c2cc3c(cc2Br)C(C)(C)CC(=O)C3(C)C)cc1. The van der Waals surface area contributed by atoms with E-state index in [-0.39, 0.29) is 28.4 Å². The van der Waals surface area contributed by atoms with Gasteiger partial charge in [0.1, 0.15) is 11.6 Å². The van der Waals surface area contributed by atoms with Crippen molar-refractivity contribution < 1.29 is 23.9 Å². The fourth-order valence-electron chi connectivity index (χ4n) is 6.42. The molecule has 3 aromatic carbocycles. The number of halogens is 2. The van der Waals surface area contributed by atoms with E-state index < -0.39 is 10.8 Å². The van der Waals surface area contributed by atoms with Gasteiger partial charge >= 0.3 is 5.97 Å². The molecule has 0 saturated heterocycles. The van der Waals surface area contributed by atoms with Gasteiger partial charge in [-0.3, -0.25) is 14.4 Å². The number of hydrogen-bond donors (Lipinski definition) is 0. The van der Waals surface area contributed by atoms with Crippen molar-refractivity contribution in [1.82, 2.24) is 0 Å². The van der Waals surface area contributed by atoms with E-state index in [4.69, 9.17) is 4.74 Å². The summed E-state index contributed by atoms with van der Waals surface area (Å²) in [6.07, 6.45) is 5.96. The molecule has 0 aromatic heterocycles. The first-order chi connectivity index (χ1) is 21.8. The van der Waals surface area contributed by atoms with Crippen LogP contribution in [0, 0.1) is 0 Å². The molecule has 0 N–H and O–H groups in total. The van der Waals surface area contributed by atoms with Gasteiger partial charge in [-0.15, -0.1) is 0 Å². The lowest BCUT2D eigenvalue weighted by Gasteiger charge is -2.40. The Kier molecular flexibility index (Phi) is 10.4. The number of fused-ring (bicyclic) bond motifs is 2. The van der Waals surface area contributed by atoms with E-state index in [9.17, 15) is 19.2 Å². The summed E-state index contributed by atoms with van der Waals surface area (Å²) in [7, 11) is 0. The topological polar surface area (TPSA) is 77.5 Å². The zero-order valence-electron chi connectivity index (χ0n) is 28.8. The first-order valence-corrected chi connectivity index (χ1v) is 17.5. The number of carbonyl (C=O) groups is 4. The number of benzene rings is 3. The molecule has 0 heterocycles. The summed E-state index contributed by atoms with van der Waals surface area (Å²) >= 11 is 7.13. The molecule has 5 nitrogen and oxygen atoms in total. The Labute approximate surface area is 295 Å². The predicted octanol–water partition coefficient (Wildman–Crippen LogP) is 10.1. The van der Waals surface area contributed by atoms with Gasteiger partial charge in [-0.1, -0.05) is 83.8 Å². The lowest BCUT2D eigenvalue weighted by Crippen LogP contribution is -2.42. The highest BCUT2D eigenvalue weighted by atomic mass is 79.9. The van der Waals surface area contributed by atoms with E-state index >= 15 is 0 Å². The average molecular weight is 765 g/mol. The summed E-state index contributed by atoms with van der Waals surface area (Å²) in [4.78, 5) is 47.8. The predicted molar refractivity (Wildman–Crippen MR) is 196 cm³/mol. The van der Waals surface area contributed by atoms with Gasteiger partial charge in [0.05, 0.1) is 12.2 Å². The molecule has 0 atom stereocenters. The quantitative estimate of drug-likeness (QED) is 0.147.